The summed E-state index contributed by atoms with van der Waals surface area (Å²) < 4.78 is 11.1. The molecule has 0 aromatic heterocycles. The highest BCUT2D eigenvalue weighted by atomic mass is 16.5. The van der Waals surface area contributed by atoms with Crippen LogP contribution in [0.4, 0.5) is 0 Å². The predicted molar refractivity (Wildman–Crippen MR) is 61.5 cm³/mol. The van der Waals surface area contributed by atoms with Crippen LogP contribution in [0.25, 0.3) is 0 Å². The minimum atomic E-state index is -0.211. The molecule has 0 aromatic carbocycles. The summed E-state index contributed by atoms with van der Waals surface area (Å²) in [4.78, 5) is 2.36. The molecule has 2 saturated heterocycles. The van der Waals surface area contributed by atoms with E-state index in [-0.39, 0.29) is 12.1 Å². The molecule has 0 spiro atoms. The molecule has 0 aromatic rings. The Morgan fingerprint density at radius 1 is 1.31 bits per heavy atom. The van der Waals surface area contributed by atoms with Gasteiger partial charge in [0.1, 0.15) is 0 Å². The van der Waals surface area contributed by atoms with Crippen molar-refractivity contribution in [1.82, 2.24) is 4.90 Å². The predicted octanol–water partition coefficient (Wildman–Crippen LogP) is 0.637. The first-order chi connectivity index (χ1) is 7.81. The lowest BCUT2D eigenvalue weighted by Gasteiger charge is -2.41. The third-order valence-electron chi connectivity index (χ3n) is 3.64. The number of hydrogen-bond acceptors (Lipinski definition) is 4. The van der Waals surface area contributed by atoms with E-state index in [1.807, 2.05) is 6.92 Å². The maximum Gasteiger partial charge on any atom is 0.0739 e. The van der Waals surface area contributed by atoms with Crippen LogP contribution in [-0.4, -0.2) is 61.2 Å². The van der Waals surface area contributed by atoms with Crippen molar-refractivity contribution in [3.05, 3.63) is 0 Å². The van der Waals surface area contributed by atoms with Crippen molar-refractivity contribution in [2.45, 2.75) is 44.4 Å². The Morgan fingerprint density at radius 2 is 2.06 bits per heavy atom. The number of nitrogens with zero attached hydrogens (tertiary/aromatic N) is 1. The molecule has 2 aliphatic rings. The second-order valence-electron chi connectivity index (χ2n) is 4.69. The smallest absolute Gasteiger partial charge is 0.0739 e. The Labute approximate surface area is 97.5 Å². The fourth-order valence-corrected chi connectivity index (χ4v) is 2.67. The van der Waals surface area contributed by atoms with E-state index in [9.17, 15) is 5.11 Å². The number of aliphatic hydroxyl groups excluding tert-OH is 1. The van der Waals surface area contributed by atoms with Crippen molar-refractivity contribution in [3.8, 4) is 0 Å². The van der Waals surface area contributed by atoms with Gasteiger partial charge >= 0.3 is 0 Å². The van der Waals surface area contributed by atoms with Gasteiger partial charge in [0.15, 0.2) is 0 Å². The second-order valence-corrected chi connectivity index (χ2v) is 4.69. The highest BCUT2D eigenvalue weighted by Crippen LogP contribution is 2.20. The Hall–Kier alpha value is -0.160. The first-order valence-electron chi connectivity index (χ1n) is 6.42. The summed E-state index contributed by atoms with van der Waals surface area (Å²) in [7, 11) is 0. The van der Waals surface area contributed by atoms with Crippen molar-refractivity contribution in [2.75, 3.05) is 32.9 Å². The number of ether oxygens (including phenoxy) is 2. The third kappa shape index (κ3) is 2.94. The Balaban J connectivity index is 1.79. The number of likely N-dealkylation sites (tertiary alicyclic amines) is 1. The maximum absolute atomic E-state index is 9.94. The summed E-state index contributed by atoms with van der Waals surface area (Å²) in [5.74, 6) is 0. The minimum absolute atomic E-state index is 0.205. The fraction of sp³-hybridized carbons (Fsp3) is 1.00. The van der Waals surface area contributed by atoms with Gasteiger partial charge in [-0.15, -0.1) is 0 Å². The average Bonchev–Trinajstić information content (AvgIpc) is 2.31. The zero-order chi connectivity index (χ0) is 11.4. The molecule has 94 valence electrons. The van der Waals surface area contributed by atoms with Crippen LogP contribution in [0.15, 0.2) is 0 Å². The summed E-state index contributed by atoms with van der Waals surface area (Å²) in [6.07, 6.45) is 3.14. The van der Waals surface area contributed by atoms with Crippen LogP contribution < -0.4 is 0 Å². The highest BCUT2D eigenvalue weighted by Gasteiger charge is 2.32. The van der Waals surface area contributed by atoms with Crippen molar-refractivity contribution in [2.24, 2.45) is 0 Å². The molecule has 2 fully saturated rings. The SMILES string of the molecule is CCOC1CCN(C2COCCC2O)CC1. The van der Waals surface area contributed by atoms with Crippen LogP contribution in [-0.2, 0) is 9.47 Å². The molecule has 2 aliphatic heterocycles. The zero-order valence-electron chi connectivity index (χ0n) is 10.1. The minimum Gasteiger partial charge on any atom is -0.391 e. The molecular formula is C12H23NO3. The van der Waals surface area contributed by atoms with Crippen LogP contribution in [0, 0.1) is 0 Å². The van der Waals surface area contributed by atoms with E-state index in [4.69, 9.17) is 9.47 Å². The molecule has 16 heavy (non-hydrogen) atoms. The third-order valence-corrected chi connectivity index (χ3v) is 3.64. The van der Waals surface area contributed by atoms with E-state index in [1.54, 1.807) is 0 Å². The average molecular weight is 229 g/mol. The molecule has 1 N–H and O–H groups in total. The van der Waals surface area contributed by atoms with Gasteiger partial charge in [0, 0.05) is 26.3 Å². The molecule has 0 radical (unpaired) electrons. The molecular weight excluding hydrogens is 206 g/mol. The molecule has 2 unspecified atom stereocenters. The van der Waals surface area contributed by atoms with Crippen molar-refractivity contribution in [3.63, 3.8) is 0 Å². The van der Waals surface area contributed by atoms with Gasteiger partial charge in [0.2, 0.25) is 0 Å². The van der Waals surface area contributed by atoms with E-state index >= 15 is 0 Å². The van der Waals surface area contributed by atoms with E-state index in [2.05, 4.69) is 4.90 Å². The second kappa shape index (κ2) is 5.96. The fourth-order valence-electron chi connectivity index (χ4n) is 2.67. The van der Waals surface area contributed by atoms with Gasteiger partial charge in [-0.05, 0) is 26.2 Å². The first-order valence-corrected chi connectivity index (χ1v) is 6.42. The highest BCUT2D eigenvalue weighted by molar-refractivity contribution is 4.85. The van der Waals surface area contributed by atoms with Gasteiger partial charge < -0.3 is 14.6 Å². The Bertz CT molecular complexity index is 204. The Morgan fingerprint density at radius 3 is 2.69 bits per heavy atom. The quantitative estimate of drug-likeness (QED) is 0.771. The summed E-state index contributed by atoms with van der Waals surface area (Å²) in [6.45, 7) is 6.28. The van der Waals surface area contributed by atoms with Gasteiger partial charge in [-0.2, -0.15) is 0 Å². The van der Waals surface area contributed by atoms with E-state index in [0.29, 0.717) is 19.3 Å². The summed E-state index contributed by atoms with van der Waals surface area (Å²) in [5.41, 5.74) is 0. The number of rotatable bonds is 3. The maximum atomic E-state index is 9.94. The molecule has 2 heterocycles. The standard InChI is InChI=1S/C12H23NO3/c1-2-16-10-3-6-13(7-4-10)11-9-15-8-5-12(11)14/h10-12,14H,2-9H2,1H3. The molecule has 0 amide bonds. The first kappa shape index (κ1) is 12.3. The van der Waals surface area contributed by atoms with E-state index < -0.39 is 0 Å². The van der Waals surface area contributed by atoms with Crippen LogP contribution >= 0.6 is 0 Å². The van der Waals surface area contributed by atoms with Crippen LogP contribution in [0.5, 0.6) is 0 Å². The zero-order valence-corrected chi connectivity index (χ0v) is 10.1. The van der Waals surface area contributed by atoms with Gasteiger partial charge in [0.05, 0.1) is 24.9 Å². The lowest BCUT2D eigenvalue weighted by molar-refractivity contribution is -0.0800. The molecule has 0 aliphatic carbocycles. The normalized spacial score (nSPS) is 34.1. The van der Waals surface area contributed by atoms with Crippen LogP contribution in [0.2, 0.25) is 0 Å². The van der Waals surface area contributed by atoms with Gasteiger partial charge in [-0.3, -0.25) is 4.90 Å². The lowest BCUT2D eigenvalue weighted by atomic mass is 10.0. The van der Waals surface area contributed by atoms with Crippen molar-refractivity contribution < 1.29 is 14.6 Å². The Kier molecular flexibility index (Phi) is 4.58. The molecule has 0 bridgehead atoms. The van der Waals surface area contributed by atoms with Gasteiger partial charge in [0.25, 0.3) is 0 Å². The summed E-state index contributed by atoms with van der Waals surface area (Å²) in [6, 6.07) is 0.205. The number of aliphatic hydroxyl groups is 1. The number of hydrogen-bond donors (Lipinski definition) is 1. The topological polar surface area (TPSA) is 41.9 Å². The molecule has 0 saturated carbocycles. The lowest BCUT2D eigenvalue weighted by Crippen LogP contribution is -2.53. The molecule has 4 heteroatoms. The molecule has 2 atom stereocenters. The molecule has 2 rings (SSSR count). The largest absolute Gasteiger partial charge is 0.391 e. The van der Waals surface area contributed by atoms with Crippen molar-refractivity contribution in [1.29, 1.82) is 0 Å². The number of piperidine rings is 1. The van der Waals surface area contributed by atoms with Gasteiger partial charge in [-0.25, -0.2) is 0 Å². The van der Waals surface area contributed by atoms with Crippen LogP contribution in [0.3, 0.4) is 0 Å². The molecule has 4 nitrogen and oxygen atoms in total. The van der Waals surface area contributed by atoms with E-state index in [1.165, 1.54) is 0 Å². The summed E-state index contributed by atoms with van der Waals surface area (Å²) in [5, 5.41) is 9.94. The van der Waals surface area contributed by atoms with Crippen molar-refractivity contribution >= 4 is 0 Å². The monoisotopic (exact) mass is 229 g/mol. The summed E-state index contributed by atoms with van der Waals surface area (Å²) >= 11 is 0. The van der Waals surface area contributed by atoms with E-state index in [0.717, 1.165) is 39.0 Å². The van der Waals surface area contributed by atoms with Crippen LogP contribution in [0.1, 0.15) is 26.2 Å². The van der Waals surface area contributed by atoms with Gasteiger partial charge in [-0.1, -0.05) is 0 Å².